The molecule has 0 unspecified atom stereocenters. The number of benzene rings is 1. The summed E-state index contributed by atoms with van der Waals surface area (Å²) in [5.41, 5.74) is 2.92. The van der Waals surface area contributed by atoms with E-state index in [1.807, 2.05) is 30.9 Å². The van der Waals surface area contributed by atoms with Gasteiger partial charge in [-0.2, -0.15) is 0 Å². The van der Waals surface area contributed by atoms with Crippen molar-refractivity contribution in [2.45, 2.75) is 39.2 Å². The molecule has 0 N–H and O–H groups in total. The Bertz CT molecular complexity index is 676. The molecule has 22 heavy (non-hydrogen) atoms. The van der Waals surface area contributed by atoms with Crippen molar-refractivity contribution in [1.29, 1.82) is 0 Å². The Balaban J connectivity index is 1.80. The van der Waals surface area contributed by atoms with Crippen LogP contribution >= 0.6 is 15.9 Å². The molecule has 1 amide bonds. The average Bonchev–Trinajstić information content (AvgIpc) is 3.09. The Hall–Kier alpha value is -1.62. The van der Waals surface area contributed by atoms with Gasteiger partial charge in [-0.3, -0.25) is 4.79 Å². The van der Waals surface area contributed by atoms with E-state index in [1.54, 1.807) is 0 Å². The molecule has 116 valence electrons. The molecule has 1 saturated heterocycles. The van der Waals surface area contributed by atoms with Gasteiger partial charge in [-0.25, -0.2) is 0 Å². The minimum absolute atomic E-state index is 0.150. The molecule has 2 aromatic rings. The Kier molecular flexibility index (Phi) is 4.34. The third-order valence-corrected chi connectivity index (χ3v) is 4.81. The molecule has 1 aliphatic rings. The molecule has 0 bridgehead atoms. The smallest absolute Gasteiger partial charge is 0.227 e. The van der Waals surface area contributed by atoms with E-state index in [1.165, 1.54) is 5.56 Å². The molecular formula is C17H19BrN2O2. The van der Waals surface area contributed by atoms with E-state index in [4.69, 9.17) is 4.52 Å². The summed E-state index contributed by atoms with van der Waals surface area (Å²) in [6.07, 6.45) is 2.43. The molecule has 0 saturated carbocycles. The summed E-state index contributed by atoms with van der Waals surface area (Å²) in [5.74, 6) is 0.890. The molecule has 1 aromatic carbocycles. The van der Waals surface area contributed by atoms with E-state index in [0.717, 1.165) is 40.9 Å². The Morgan fingerprint density at radius 1 is 1.45 bits per heavy atom. The topological polar surface area (TPSA) is 46.3 Å². The van der Waals surface area contributed by atoms with Crippen LogP contribution in [0.4, 0.5) is 0 Å². The zero-order valence-electron chi connectivity index (χ0n) is 12.8. The first-order valence-electron chi connectivity index (χ1n) is 7.53. The molecule has 0 spiro atoms. The van der Waals surface area contributed by atoms with E-state index in [-0.39, 0.29) is 11.9 Å². The van der Waals surface area contributed by atoms with Crippen molar-refractivity contribution < 1.29 is 9.32 Å². The summed E-state index contributed by atoms with van der Waals surface area (Å²) in [6.45, 7) is 4.56. The molecule has 3 rings (SSSR count). The van der Waals surface area contributed by atoms with Gasteiger partial charge >= 0.3 is 0 Å². The lowest BCUT2D eigenvalue weighted by Crippen LogP contribution is -2.32. The molecule has 1 fully saturated rings. The summed E-state index contributed by atoms with van der Waals surface area (Å²) >= 11 is 3.51. The SMILES string of the molecule is Cc1noc(C)c1CC(=O)N1CCC[C@H]1c1cccc(Br)c1. The predicted molar refractivity (Wildman–Crippen MR) is 87.5 cm³/mol. The predicted octanol–water partition coefficient (Wildman–Crippen LogP) is 3.96. The highest BCUT2D eigenvalue weighted by atomic mass is 79.9. The number of rotatable bonds is 3. The van der Waals surface area contributed by atoms with Gasteiger partial charge in [-0.1, -0.05) is 33.2 Å². The fraction of sp³-hybridized carbons (Fsp3) is 0.412. The molecule has 1 atom stereocenters. The fourth-order valence-electron chi connectivity index (χ4n) is 3.13. The average molecular weight is 363 g/mol. The highest BCUT2D eigenvalue weighted by Crippen LogP contribution is 2.33. The van der Waals surface area contributed by atoms with Crippen LogP contribution in [-0.4, -0.2) is 22.5 Å². The number of aryl methyl sites for hydroxylation is 2. The van der Waals surface area contributed by atoms with Gasteiger partial charge in [-0.05, 0) is 44.4 Å². The number of likely N-dealkylation sites (tertiary alicyclic amines) is 1. The highest BCUT2D eigenvalue weighted by molar-refractivity contribution is 9.10. The van der Waals surface area contributed by atoms with Crippen LogP contribution < -0.4 is 0 Å². The van der Waals surface area contributed by atoms with Crippen LogP contribution in [-0.2, 0) is 11.2 Å². The van der Waals surface area contributed by atoms with Gasteiger partial charge in [0, 0.05) is 16.6 Å². The maximum Gasteiger partial charge on any atom is 0.227 e. The first-order chi connectivity index (χ1) is 10.6. The zero-order chi connectivity index (χ0) is 15.7. The molecule has 2 heterocycles. The quantitative estimate of drug-likeness (QED) is 0.829. The zero-order valence-corrected chi connectivity index (χ0v) is 14.4. The van der Waals surface area contributed by atoms with Crippen LogP contribution in [0.3, 0.4) is 0 Å². The third-order valence-electron chi connectivity index (χ3n) is 4.32. The van der Waals surface area contributed by atoms with Crippen molar-refractivity contribution in [3.8, 4) is 0 Å². The van der Waals surface area contributed by atoms with Crippen molar-refractivity contribution >= 4 is 21.8 Å². The normalized spacial score (nSPS) is 18.0. The monoisotopic (exact) mass is 362 g/mol. The van der Waals surface area contributed by atoms with Crippen LogP contribution in [0.2, 0.25) is 0 Å². The molecule has 0 radical (unpaired) electrons. The van der Waals surface area contributed by atoms with Gasteiger partial charge in [0.2, 0.25) is 5.91 Å². The van der Waals surface area contributed by atoms with Crippen LogP contribution in [0, 0.1) is 13.8 Å². The van der Waals surface area contributed by atoms with E-state index >= 15 is 0 Å². The summed E-state index contributed by atoms with van der Waals surface area (Å²) in [5, 5.41) is 3.93. The maximum atomic E-state index is 12.7. The molecule has 1 aromatic heterocycles. The van der Waals surface area contributed by atoms with Gasteiger partial charge in [0.25, 0.3) is 0 Å². The lowest BCUT2D eigenvalue weighted by Gasteiger charge is -2.25. The lowest BCUT2D eigenvalue weighted by molar-refractivity contribution is -0.131. The Labute approximate surface area is 138 Å². The van der Waals surface area contributed by atoms with Gasteiger partial charge in [0.05, 0.1) is 18.2 Å². The largest absolute Gasteiger partial charge is 0.361 e. The van der Waals surface area contributed by atoms with Gasteiger partial charge in [0.15, 0.2) is 0 Å². The van der Waals surface area contributed by atoms with E-state index < -0.39 is 0 Å². The van der Waals surface area contributed by atoms with Crippen molar-refractivity contribution in [3.63, 3.8) is 0 Å². The van der Waals surface area contributed by atoms with Crippen molar-refractivity contribution in [3.05, 3.63) is 51.3 Å². The number of carbonyl (C=O) groups is 1. The second-order valence-corrected chi connectivity index (χ2v) is 6.70. The highest BCUT2D eigenvalue weighted by Gasteiger charge is 2.30. The summed E-state index contributed by atoms with van der Waals surface area (Å²) < 4.78 is 6.21. The number of carbonyl (C=O) groups excluding carboxylic acids is 1. The second-order valence-electron chi connectivity index (χ2n) is 5.78. The molecule has 0 aliphatic carbocycles. The number of nitrogens with zero attached hydrogens (tertiary/aromatic N) is 2. The van der Waals surface area contributed by atoms with E-state index in [0.29, 0.717) is 6.42 Å². The summed E-state index contributed by atoms with van der Waals surface area (Å²) in [4.78, 5) is 14.7. The Morgan fingerprint density at radius 3 is 2.95 bits per heavy atom. The molecule has 4 nitrogen and oxygen atoms in total. The number of aromatic nitrogens is 1. The molecular weight excluding hydrogens is 344 g/mol. The van der Waals surface area contributed by atoms with Crippen LogP contribution in [0.5, 0.6) is 0 Å². The number of hydrogen-bond donors (Lipinski definition) is 0. The maximum absolute atomic E-state index is 12.7. The molecule has 1 aliphatic heterocycles. The third kappa shape index (κ3) is 2.95. The first kappa shape index (κ1) is 15.3. The van der Waals surface area contributed by atoms with Gasteiger partial charge in [0.1, 0.15) is 5.76 Å². The minimum atomic E-state index is 0.150. The Morgan fingerprint density at radius 2 is 2.27 bits per heavy atom. The van der Waals surface area contributed by atoms with Crippen molar-refractivity contribution in [2.24, 2.45) is 0 Å². The summed E-state index contributed by atoms with van der Waals surface area (Å²) in [7, 11) is 0. The number of halogens is 1. The molecule has 5 heteroatoms. The van der Waals surface area contributed by atoms with Crippen molar-refractivity contribution in [2.75, 3.05) is 6.54 Å². The van der Waals surface area contributed by atoms with E-state index in [2.05, 4.69) is 33.2 Å². The van der Waals surface area contributed by atoms with Gasteiger partial charge < -0.3 is 9.42 Å². The van der Waals surface area contributed by atoms with Crippen LogP contribution in [0.1, 0.15) is 41.5 Å². The summed E-state index contributed by atoms with van der Waals surface area (Å²) in [6, 6.07) is 8.40. The van der Waals surface area contributed by atoms with E-state index in [9.17, 15) is 4.79 Å². The fourth-order valence-corrected chi connectivity index (χ4v) is 3.55. The van der Waals surface area contributed by atoms with Crippen LogP contribution in [0.25, 0.3) is 0 Å². The number of amides is 1. The van der Waals surface area contributed by atoms with Crippen LogP contribution in [0.15, 0.2) is 33.3 Å². The first-order valence-corrected chi connectivity index (χ1v) is 8.32. The van der Waals surface area contributed by atoms with Crippen molar-refractivity contribution in [1.82, 2.24) is 10.1 Å². The standard InChI is InChI=1S/C17H19BrN2O2/c1-11-15(12(2)22-19-11)10-17(21)20-8-4-7-16(20)13-5-3-6-14(18)9-13/h3,5-6,9,16H,4,7-8,10H2,1-2H3/t16-/m0/s1. The number of hydrogen-bond acceptors (Lipinski definition) is 3. The van der Waals surface area contributed by atoms with Gasteiger partial charge in [-0.15, -0.1) is 0 Å². The second kappa shape index (κ2) is 6.24. The minimum Gasteiger partial charge on any atom is -0.361 e. The lowest BCUT2D eigenvalue weighted by atomic mass is 10.0.